The molecule has 1 amide bonds. The van der Waals surface area contributed by atoms with Gasteiger partial charge >= 0.3 is 0 Å². The summed E-state index contributed by atoms with van der Waals surface area (Å²) in [6.07, 6.45) is 0.987. The second-order valence-corrected chi connectivity index (χ2v) is 4.46. The van der Waals surface area contributed by atoms with Crippen molar-refractivity contribution in [2.45, 2.75) is 20.3 Å². The Bertz CT molecular complexity index is 278. The smallest absolute Gasteiger partial charge is 0.225 e. The summed E-state index contributed by atoms with van der Waals surface area (Å²) >= 11 is 0. The number of oxime groups is 1. The first-order chi connectivity index (χ1) is 6.97. The number of hydrogen-bond acceptors (Lipinski definition) is 3. The van der Waals surface area contributed by atoms with Gasteiger partial charge in [0.25, 0.3) is 0 Å². The Morgan fingerprint density at radius 2 is 2.27 bits per heavy atom. The van der Waals surface area contributed by atoms with E-state index in [1.54, 1.807) is 11.9 Å². The number of amidine groups is 1. The molecule has 3 unspecified atom stereocenters. The van der Waals surface area contributed by atoms with Crippen LogP contribution in [0.15, 0.2) is 5.16 Å². The number of rotatable bonds is 4. The average molecular weight is 213 g/mol. The van der Waals surface area contributed by atoms with Crippen LogP contribution in [0.1, 0.15) is 20.3 Å². The summed E-state index contributed by atoms with van der Waals surface area (Å²) in [7, 11) is 1.76. The van der Waals surface area contributed by atoms with Gasteiger partial charge in [-0.2, -0.15) is 0 Å². The molecular formula is C10H19N3O2. The Kier molecular flexibility index (Phi) is 3.55. The molecule has 0 aromatic heterocycles. The van der Waals surface area contributed by atoms with Crippen LogP contribution in [-0.2, 0) is 4.79 Å². The lowest BCUT2D eigenvalue weighted by Crippen LogP contribution is -2.37. The van der Waals surface area contributed by atoms with Gasteiger partial charge in [0.2, 0.25) is 5.91 Å². The van der Waals surface area contributed by atoms with E-state index in [4.69, 9.17) is 10.9 Å². The van der Waals surface area contributed by atoms with E-state index in [2.05, 4.69) is 12.1 Å². The highest BCUT2D eigenvalue weighted by atomic mass is 16.4. The molecule has 1 fully saturated rings. The summed E-state index contributed by atoms with van der Waals surface area (Å²) in [5.74, 6) is 0.921. The van der Waals surface area contributed by atoms with Crippen LogP contribution in [0.4, 0.5) is 0 Å². The number of amides is 1. The highest BCUT2D eigenvalue weighted by Crippen LogP contribution is 2.38. The van der Waals surface area contributed by atoms with Crippen LogP contribution in [0.5, 0.6) is 0 Å². The summed E-state index contributed by atoms with van der Waals surface area (Å²) in [5.41, 5.74) is 5.45. The van der Waals surface area contributed by atoms with Crippen molar-refractivity contribution in [2.24, 2.45) is 28.6 Å². The standard InChI is InChI=1S/C10H19N3O2/c1-6-4-8(6)10(14)13(3)5-7(2)9(11)12-15/h6-8,15H,4-5H2,1-3H3,(H2,11,12). The molecule has 5 heteroatoms. The molecule has 3 N–H and O–H groups in total. The zero-order valence-electron chi connectivity index (χ0n) is 9.47. The molecule has 86 valence electrons. The van der Waals surface area contributed by atoms with E-state index in [1.165, 1.54) is 0 Å². The molecule has 5 nitrogen and oxygen atoms in total. The van der Waals surface area contributed by atoms with Crippen LogP contribution in [0, 0.1) is 17.8 Å². The van der Waals surface area contributed by atoms with Crippen LogP contribution in [0.25, 0.3) is 0 Å². The lowest BCUT2D eigenvalue weighted by atomic mass is 10.1. The summed E-state index contributed by atoms with van der Waals surface area (Å²) < 4.78 is 0. The SMILES string of the molecule is CC(CN(C)C(=O)C1CC1C)C(N)=NO. The van der Waals surface area contributed by atoms with Crippen LogP contribution in [-0.4, -0.2) is 35.4 Å². The summed E-state index contributed by atoms with van der Waals surface area (Å²) in [6, 6.07) is 0. The van der Waals surface area contributed by atoms with Crippen molar-refractivity contribution >= 4 is 11.7 Å². The molecular weight excluding hydrogens is 194 g/mol. The quantitative estimate of drug-likeness (QED) is 0.308. The zero-order chi connectivity index (χ0) is 11.6. The van der Waals surface area contributed by atoms with Gasteiger partial charge in [0.05, 0.1) is 0 Å². The van der Waals surface area contributed by atoms with Crippen molar-refractivity contribution in [3.05, 3.63) is 0 Å². The first kappa shape index (κ1) is 11.8. The molecule has 0 aromatic rings. The Hall–Kier alpha value is -1.26. The lowest BCUT2D eigenvalue weighted by molar-refractivity contribution is -0.131. The number of hydrogen-bond donors (Lipinski definition) is 2. The third-order valence-electron chi connectivity index (χ3n) is 2.97. The Labute approximate surface area is 89.9 Å². The van der Waals surface area contributed by atoms with Crippen molar-refractivity contribution in [3.63, 3.8) is 0 Å². The van der Waals surface area contributed by atoms with Crippen molar-refractivity contribution in [1.82, 2.24) is 4.90 Å². The van der Waals surface area contributed by atoms with Gasteiger partial charge in [-0.05, 0) is 12.3 Å². The van der Waals surface area contributed by atoms with Crippen LogP contribution in [0.2, 0.25) is 0 Å². The molecule has 1 aliphatic rings. The Balaban J connectivity index is 2.41. The average Bonchev–Trinajstić information content (AvgIpc) is 2.92. The van der Waals surface area contributed by atoms with Gasteiger partial charge in [-0.1, -0.05) is 19.0 Å². The molecule has 0 aromatic carbocycles. The minimum atomic E-state index is -0.113. The second-order valence-electron chi connectivity index (χ2n) is 4.46. The monoisotopic (exact) mass is 213 g/mol. The summed E-state index contributed by atoms with van der Waals surface area (Å²) in [5, 5.41) is 11.4. The second kappa shape index (κ2) is 4.51. The van der Waals surface area contributed by atoms with E-state index in [1.807, 2.05) is 6.92 Å². The molecule has 0 bridgehead atoms. The number of nitrogens with two attached hydrogens (primary N) is 1. The highest BCUT2D eigenvalue weighted by Gasteiger charge is 2.40. The van der Waals surface area contributed by atoms with Gasteiger partial charge in [0, 0.05) is 25.4 Å². The molecule has 1 rings (SSSR count). The lowest BCUT2D eigenvalue weighted by Gasteiger charge is -2.20. The van der Waals surface area contributed by atoms with Gasteiger partial charge in [-0.3, -0.25) is 4.79 Å². The molecule has 0 aliphatic heterocycles. The normalized spacial score (nSPS) is 27.3. The van der Waals surface area contributed by atoms with E-state index in [0.29, 0.717) is 12.5 Å². The zero-order valence-corrected chi connectivity index (χ0v) is 9.47. The predicted octanol–water partition coefficient (Wildman–Crippen LogP) is 0.483. The highest BCUT2D eigenvalue weighted by molar-refractivity contribution is 5.84. The van der Waals surface area contributed by atoms with Crippen LogP contribution < -0.4 is 5.73 Å². The minimum Gasteiger partial charge on any atom is -0.409 e. The predicted molar refractivity (Wildman–Crippen MR) is 57.5 cm³/mol. The van der Waals surface area contributed by atoms with Crippen molar-refractivity contribution < 1.29 is 10.0 Å². The fourth-order valence-electron chi connectivity index (χ4n) is 1.64. The summed E-state index contributed by atoms with van der Waals surface area (Å²) in [4.78, 5) is 13.4. The third-order valence-corrected chi connectivity index (χ3v) is 2.97. The maximum atomic E-state index is 11.7. The Morgan fingerprint density at radius 3 is 2.67 bits per heavy atom. The van der Waals surface area contributed by atoms with Gasteiger partial charge in [0.15, 0.2) is 0 Å². The van der Waals surface area contributed by atoms with E-state index >= 15 is 0 Å². The maximum Gasteiger partial charge on any atom is 0.225 e. The molecule has 15 heavy (non-hydrogen) atoms. The van der Waals surface area contributed by atoms with E-state index in [0.717, 1.165) is 6.42 Å². The molecule has 0 saturated heterocycles. The summed E-state index contributed by atoms with van der Waals surface area (Å²) in [6.45, 7) is 4.40. The molecule has 1 aliphatic carbocycles. The van der Waals surface area contributed by atoms with E-state index < -0.39 is 0 Å². The molecule has 0 heterocycles. The number of carbonyl (C=O) groups excluding carboxylic acids is 1. The van der Waals surface area contributed by atoms with Crippen molar-refractivity contribution in [2.75, 3.05) is 13.6 Å². The first-order valence-electron chi connectivity index (χ1n) is 5.19. The molecule has 3 atom stereocenters. The van der Waals surface area contributed by atoms with Crippen molar-refractivity contribution in [3.8, 4) is 0 Å². The van der Waals surface area contributed by atoms with Crippen molar-refractivity contribution in [1.29, 1.82) is 0 Å². The van der Waals surface area contributed by atoms with Crippen LogP contribution >= 0.6 is 0 Å². The molecule has 0 radical (unpaired) electrons. The van der Waals surface area contributed by atoms with Gasteiger partial charge < -0.3 is 15.8 Å². The Morgan fingerprint density at radius 1 is 1.73 bits per heavy atom. The maximum absolute atomic E-state index is 11.7. The third kappa shape index (κ3) is 2.84. The number of nitrogens with zero attached hydrogens (tertiary/aromatic N) is 2. The van der Waals surface area contributed by atoms with Gasteiger partial charge in [-0.15, -0.1) is 0 Å². The fourth-order valence-corrected chi connectivity index (χ4v) is 1.64. The fraction of sp³-hybridized carbons (Fsp3) is 0.800. The largest absolute Gasteiger partial charge is 0.409 e. The molecule has 0 spiro atoms. The van der Waals surface area contributed by atoms with E-state index in [-0.39, 0.29) is 23.6 Å². The topological polar surface area (TPSA) is 78.9 Å². The number of carbonyl (C=O) groups is 1. The van der Waals surface area contributed by atoms with E-state index in [9.17, 15) is 4.79 Å². The van der Waals surface area contributed by atoms with Gasteiger partial charge in [0.1, 0.15) is 5.84 Å². The minimum absolute atomic E-state index is 0.113. The first-order valence-corrected chi connectivity index (χ1v) is 5.19. The van der Waals surface area contributed by atoms with Crippen LogP contribution in [0.3, 0.4) is 0 Å². The van der Waals surface area contributed by atoms with Gasteiger partial charge in [-0.25, -0.2) is 0 Å². The molecule has 1 saturated carbocycles.